The molecule has 40 heavy (non-hydrogen) atoms. The van der Waals surface area contributed by atoms with Gasteiger partial charge in [-0.3, -0.25) is 0 Å². The second-order valence-corrected chi connectivity index (χ2v) is 10.5. The van der Waals surface area contributed by atoms with Crippen molar-refractivity contribution in [3.8, 4) is 33.8 Å². The summed E-state index contributed by atoms with van der Waals surface area (Å²) in [6.07, 6.45) is 8.96. The molecule has 8 rings (SSSR count). The fourth-order valence-corrected chi connectivity index (χ4v) is 6.47. The maximum absolute atomic E-state index is 2.45. The molecule has 2 aliphatic rings. The highest BCUT2D eigenvalue weighted by molar-refractivity contribution is 5.90. The molecule has 188 valence electrons. The zero-order valence-electron chi connectivity index (χ0n) is 22.1. The van der Waals surface area contributed by atoms with Crippen LogP contribution >= 0.6 is 0 Å². The van der Waals surface area contributed by atoms with Crippen molar-refractivity contribution in [3.63, 3.8) is 0 Å². The summed E-state index contributed by atoms with van der Waals surface area (Å²) < 4.78 is 7.29. The van der Waals surface area contributed by atoms with E-state index in [1.807, 2.05) is 0 Å². The van der Waals surface area contributed by atoms with Gasteiger partial charge in [0.05, 0.1) is 16.7 Å². The Morgan fingerprint density at radius 3 is 1.77 bits per heavy atom. The molecule has 2 bridgehead atoms. The van der Waals surface area contributed by atoms with Gasteiger partial charge in [0.2, 0.25) is 17.1 Å². The van der Waals surface area contributed by atoms with Crippen molar-refractivity contribution in [1.29, 1.82) is 0 Å². The predicted octanol–water partition coefficient (Wildman–Crippen LogP) is 6.51. The molecular weight excluding hydrogens is 486 g/mol. The van der Waals surface area contributed by atoms with Gasteiger partial charge in [0, 0.05) is 42.0 Å². The van der Waals surface area contributed by atoms with Crippen molar-refractivity contribution in [1.82, 2.24) is 0 Å². The Morgan fingerprint density at radius 2 is 1.00 bits per heavy atom. The maximum atomic E-state index is 2.45. The fraction of sp³-hybridized carbons (Fsp3) is 0.0541. The molecule has 3 heteroatoms. The summed E-state index contributed by atoms with van der Waals surface area (Å²) >= 11 is 0. The molecule has 5 heterocycles. The minimum atomic E-state index is -0.127. The third kappa shape index (κ3) is 3.55. The van der Waals surface area contributed by atoms with E-state index < -0.39 is 0 Å². The zero-order chi connectivity index (χ0) is 26.5. The SMILES string of the molecule is C1=C2/C[n+]3ccccc3-c3ccccc3[C@@H]([n+]3ccccc3-c3ccccc3/1)[n+]1ccccc1-c1ccccc12. The molecule has 0 spiro atoms. The number of hydrogen-bond donors (Lipinski definition) is 0. The van der Waals surface area contributed by atoms with Crippen molar-refractivity contribution >= 4 is 11.6 Å². The second-order valence-electron chi connectivity index (χ2n) is 10.5. The quantitative estimate of drug-likeness (QED) is 0.205. The lowest BCUT2D eigenvalue weighted by Gasteiger charge is -2.17. The fourth-order valence-electron chi connectivity index (χ4n) is 6.47. The van der Waals surface area contributed by atoms with Crippen molar-refractivity contribution in [2.45, 2.75) is 12.7 Å². The summed E-state index contributed by atoms with van der Waals surface area (Å²) in [7, 11) is 0. The Hall–Kier alpha value is -5.15. The molecule has 1 atom stereocenters. The average molecular weight is 515 g/mol. The first-order chi connectivity index (χ1) is 19.9. The average Bonchev–Trinajstić information content (AvgIpc) is 3.04. The summed E-state index contributed by atoms with van der Waals surface area (Å²) in [6, 6.07) is 46.2. The third-order valence-corrected chi connectivity index (χ3v) is 8.22. The first kappa shape index (κ1) is 22.8. The number of nitrogens with zero attached hydrogens (tertiary/aromatic N) is 3. The molecule has 0 radical (unpaired) electrons. The summed E-state index contributed by atoms with van der Waals surface area (Å²) in [4.78, 5) is 0. The van der Waals surface area contributed by atoms with Crippen LogP contribution in [0.3, 0.4) is 0 Å². The van der Waals surface area contributed by atoms with E-state index in [2.05, 4.69) is 166 Å². The van der Waals surface area contributed by atoms with Gasteiger partial charge in [0.1, 0.15) is 5.56 Å². The van der Waals surface area contributed by atoms with Crippen LogP contribution in [0.4, 0.5) is 0 Å². The highest BCUT2D eigenvalue weighted by atomic mass is 15.2. The van der Waals surface area contributed by atoms with E-state index in [1.165, 1.54) is 56.0 Å². The molecule has 2 aliphatic heterocycles. The van der Waals surface area contributed by atoms with Crippen LogP contribution in [0.15, 0.2) is 146 Å². The minimum Gasteiger partial charge on any atom is -0.194 e. The Bertz CT molecular complexity index is 1950. The Kier molecular flexibility index (Phi) is 5.27. The van der Waals surface area contributed by atoms with E-state index in [9.17, 15) is 0 Å². The van der Waals surface area contributed by atoms with Gasteiger partial charge in [-0.15, -0.1) is 9.13 Å². The molecular formula is C37H28N3+3. The van der Waals surface area contributed by atoms with Crippen molar-refractivity contribution < 1.29 is 13.7 Å². The summed E-state index contributed by atoms with van der Waals surface area (Å²) in [5.74, 6) is 0. The molecule has 0 saturated heterocycles. The largest absolute Gasteiger partial charge is 0.381 e. The number of pyridine rings is 3. The minimum absolute atomic E-state index is 0.127. The van der Waals surface area contributed by atoms with Gasteiger partial charge in [0.25, 0.3) is 0 Å². The van der Waals surface area contributed by atoms with Gasteiger partial charge in [-0.05, 0) is 59.7 Å². The molecule has 0 fully saturated rings. The number of hydrogen-bond acceptors (Lipinski definition) is 0. The highest BCUT2D eigenvalue weighted by Gasteiger charge is 2.40. The molecule has 3 aromatic carbocycles. The van der Waals surface area contributed by atoms with Crippen molar-refractivity contribution in [2.24, 2.45) is 0 Å². The summed E-state index contributed by atoms with van der Waals surface area (Å²) in [6.45, 7) is 0.752. The Balaban J connectivity index is 1.64. The van der Waals surface area contributed by atoms with Crippen LogP contribution in [0.25, 0.3) is 45.4 Å². The lowest BCUT2D eigenvalue weighted by molar-refractivity contribution is -0.924. The molecule has 0 aliphatic carbocycles. The number of fused-ring (bicyclic) bond motifs is 8. The van der Waals surface area contributed by atoms with Gasteiger partial charge >= 0.3 is 6.17 Å². The highest BCUT2D eigenvalue weighted by Crippen LogP contribution is 2.36. The normalized spacial score (nSPS) is 16.1. The van der Waals surface area contributed by atoms with Gasteiger partial charge in [0.15, 0.2) is 25.1 Å². The van der Waals surface area contributed by atoms with Crippen molar-refractivity contribution in [3.05, 3.63) is 163 Å². The van der Waals surface area contributed by atoms with Crippen molar-refractivity contribution in [2.75, 3.05) is 0 Å². The molecule has 0 saturated carbocycles. The number of benzene rings is 3. The van der Waals surface area contributed by atoms with Crippen LogP contribution in [0, 0.1) is 0 Å². The number of allylic oxidation sites excluding steroid dienone is 1. The van der Waals surface area contributed by atoms with Gasteiger partial charge in [-0.25, -0.2) is 0 Å². The Labute approximate surface area is 234 Å². The standard InChI is InChI=1S/C37H28N3/c1-2-15-30-27(13-1)25-28-26-38-22-10-7-19-34(38)32-17-5-6-18-33(32)37(39-23-11-8-20-35(30)39)40-24-12-9-21-36(40)31-16-4-3-14-29(28)31/h1-25,37H,26H2/q+3/b28-25-/t37-/m0/s1. The van der Waals surface area contributed by atoms with E-state index >= 15 is 0 Å². The molecule has 3 nitrogen and oxygen atoms in total. The molecule has 0 amide bonds. The molecule has 0 N–H and O–H groups in total. The van der Waals surface area contributed by atoms with Crippen LogP contribution in [-0.2, 0) is 6.54 Å². The van der Waals surface area contributed by atoms with Crippen LogP contribution < -0.4 is 13.7 Å². The lowest BCUT2D eigenvalue weighted by Crippen LogP contribution is -2.59. The van der Waals surface area contributed by atoms with E-state index in [1.54, 1.807) is 0 Å². The number of rotatable bonds is 0. The van der Waals surface area contributed by atoms with Crippen LogP contribution in [0.2, 0.25) is 0 Å². The number of aromatic nitrogens is 3. The summed E-state index contributed by atoms with van der Waals surface area (Å²) in [5, 5.41) is 0. The van der Waals surface area contributed by atoms with E-state index in [0.29, 0.717) is 0 Å². The van der Waals surface area contributed by atoms with E-state index in [4.69, 9.17) is 0 Å². The molecule has 6 aromatic rings. The monoisotopic (exact) mass is 514 g/mol. The first-order valence-corrected chi connectivity index (χ1v) is 13.8. The third-order valence-electron chi connectivity index (χ3n) is 8.22. The smallest absolute Gasteiger partial charge is 0.194 e. The first-order valence-electron chi connectivity index (χ1n) is 13.8. The van der Waals surface area contributed by atoms with E-state index in [0.717, 1.165) is 6.54 Å². The zero-order valence-corrected chi connectivity index (χ0v) is 22.1. The summed E-state index contributed by atoms with van der Waals surface area (Å²) in [5.41, 5.74) is 12.3. The predicted molar refractivity (Wildman–Crippen MR) is 158 cm³/mol. The lowest BCUT2D eigenvalue weighted by atomic mass is 9.93. The van der Waals surface area contributed by atoms with Crippen LogP contribution in [0.1, 0.15) is 22.9 Å². The van der Waals surface area contributed by atoms with Crippen LogP contribution in [-0.4, -0.2) is 0 Å². The van der Waals surface area contributed by atoms with Gasteiger partial charge in [-0.2, -0.15) is 4.57 Å². The van der Waals surface area contributed by atoms with Gasteiger partial charge in [-0.1, -0.05) is 48.5 Å². The Morgan fingerprint density at radius 1 is 0.450 bits per heavy atom. The van der Waals surface area contributed by atoms with Gasteiger partial charge < -0.3 is 0 Å². The second kappa shape index (κ2) is 9.25. The maximum Gasteiger partial charge on any atom is 0.381 e. The van der Waals surface area contributed by atoms with E-state index in [-0.39, 0.29) is 6.17 Å². The topological polar surface area (TPSA) is 11.6 Å². The molecule has 3 aromatic heterocycles. The molecule has 0 unspecified atom stereocenters. The van der Waals surface area contributed by atoms with Crippen LogP contribution in [0.5, 0.6) is 0 Å².